The number of amides is 2. The van der Waals surface area contributed by atoms with E-state index in [1.807, 2.05) is 11.8 Å². The Hall–Kier alpha value is -2.04. The van der Waals surface area contributed by atoms with Crippen LogP contribution >= 0.6 is 0 Å². The Kier molecular flexibility index (Phi) is 4.61. The zero-order valence-corrected chi connectivity index (χ0v) is 11.8. The van der Waals surface area contributed by atoms with E-state index in [0.29, 0.717) is 30.8 Å². The number of benzene rings is 1. The first-order chi connectivity index (χ1) is 9.60. The molecule has 1 saturated heterocycles. The van der Waals surface area contributed by atoms with Crippen LogP contribution in [0.25, 0.3) is 0 Å². The molecule has 20 heavy (non-hydrogen) atoms. The molecule has 2 amide bonds. The number of anilines is 1. The minimum absolute atomic E-state index is 0.0116. The van der Waals surface area contributed by atoms with Crippen molar-refractivity contribution in [3.63, 3.8) is 0 Å². The lowest BCUT2D eigenvalue weighted by Gasteiger charge is -2.32. The highest BCUT2D eigenvalue weighted by molar-refractivity contribution is 5.95. The van der Waals surface area contributed by atoms with E-state index in [-0.39, 0.29) is 17.9 Å². The second-order valence-electron chi connectivity index (χ2n) is 5.11. The molecule has 1 aromatic rings. The van der Waals surface area contributed by atoms with Crippen LogP contribution in [0.15, 0.2) is 24.3 Å². The van der Waals surface area contributed by atoms with Gasteiger partial charge in [0.15, 0.2) is 0 Å². The van der Waals surface area contributed by atoms with Gasteiger partial charge in [0.2, 0.25) is 5.91 Å². The van der Waals surface area contributed by atoms with Crippen molar-refractivity contribution in [2.45, 2.75) is 32.2 Å². The predicted octanol–water partition coefficient (Wildman–Crippen LogP) is 1.40. The molecule has 0 aliphatic carbocycles. The van der Waals surface area contributed by atoms with Crippen LogP contribution in [0.5, 0.6) is 0 Å². The summed E-state index contributed by atoms with van der Waals surface area (Å²) in [4.78, 5) is 25.5. The molecule has 1 heterocycles. The molecule has 0 atom stereocenters. The van der Waals surface area contributed by atoms with E-state index >= 15 is 0 Å². The molecular formula is C15H21N3O2. The number of hydrogen-bond donors (Lipinski definition) is 2. The largest absolute Gasteiger partial charge is 0.399 e. The van der Waals surface area contributed by atoms with Crippen LogP contribution in [0.2, 0.25) is 0 Å². The fourth-order valence-electron chi connectivity index (χ4n) is 2.41. The van der Waals surface area contributed by atoms with Crippen LogP contribution in [0, 0.1) is 0 Å². The molecule has 3 N–H and O–H groups in total. The van der Waals surface area contributed by atoms with Gasteiger partial charge in [-0.15, -0.1) is 0 Å². The van der Waals surface area contributed by atoms with Crippen LogP contribution in [0.3, 0.4) is 0 Å². The first-order valence-corrected chi connectivity index (χ1v) is 7.04. The van der Waals surface area contributed by atoms with Gasteiger partial charge in [-0.1, -0.05) is 13.0 Å². The molecule has 1 aliphatic rings. The van der Waals surface area contributed by atoms with Gasteiger partial charge in [-0.05, 0) is 31.0 Å². The summed E-state index contributed by atoms with van der Waals surface area (Å²) in [6, 6.07) is 7.23. The Balaban J connectivity index is 1.90. The summed E-state index contributed by atoms with van der Waals surface area (Å²) in [6.45, 7) is 3.18. The summed E-state index contributed by atoms with van der Waals surface area (Å²) < 4.78 is 0. The van der Waals surface area contributed by atoms with Crippen LogP contribution in [0.1, 0.15) is 36.5 Å². The summed E-state index contributed by atoms with van der Waals surface area (Å²) in [5.41, 5.74) is 6.92. The number of nitrogen functional groups attached to an aromatic ring is 1. The topological polar surface area (TPSA) is 75.4 Å². The van der Waals surface area contributed by atoms with Crippen molar-refractivity contribution in [3.8, 4) is 0 Å². The van der Waals surface area contributed by atoms with E-state index in [2.05, 4.69) is 5.32 Å². The Labute approximate surface area is 119 Å². The fourth-order valence-corrected chi connectivity index (χ4v) is 2.41. The number of rotatable bonds is 3. The van der Waals surface area contributed by atoms with E-state index in [1.54, 1.807) is 24.3 Å². The van der Waals surface area contributed by atoms with Gasteiger partial charge in [0.1, 0.15) is 0 Å². The highest BCUT2D eigenvalue weighted by Gasteiger charge is 2.24. The summed E-state index contributed by atoms with van der Waals surface area (Å²) in [5, 5.41) is 2.98. The SMILES string of the molecule is CCC(=O)NC1CCN(C(=O)c2cccc(N)c2)CC1. The van der Waals surface area contributed by atoms with E-state index in [1.165, 1.54) is 0 Å². The van der Waals surface area contributed by atoms with Gasteiger partial charge in [0.25, 0.3) is 5.91 Å². The Morgan fingerprint density at radius 2 is 2.05 bits per heavy atom. The van der Waals surface area contributed by atoms with Gasteiger partial charge in [-0.2, -0.15) is 0 Å². The van der Waals surface area contributed by atoms with Gasteiger partial charge in [0.05, 0.1) is 0 Å². The summed E-state index contributed by atoms with van der Waals surface area (Å²) in [5.74, 6) is 0.0863. The molecule has 0 saturated carbocycles. The number of carbonyl (C=O) groups excluding carboxylic acids is 2. The maximum atomic E-state index is 12.3. The minimum Gasteiger partial charge on any atom is -0.399 e. The van der Waals surface area contributed by atoms with E-state index in [0.717, 1.165) is 12.8 Å². The van der Waals surface area contributed by atoms with Gasteiger partial charge in [-0.25, -0.2) is 0 Å². The van der Waals surface area contributed by atoms with Crippen molar-refractivity contribution in [1.29, 1.82) is 0 Å². The Bertz CT molecular complexity index is 494. The highest BCUT2D eigenvalue weighted by Crippen LogP contribution is 2.15. The number of likely N-dealkylation sites (tertiary alicyclic amines) is 1. The third kappa shape index (κ3) is 3.50. The third-order valence-electron chi connectivity index (χ3n) is 3.60. The summed E-state index contributed by atoms with van der Waals surface area (Å²) >= 11 is 0. The van der Waals surface area contributed by atoms with Crippen LogP contribution < -0.4 is 11.1 Å². The number of hydrogen-bond acceptors (Lipinski definition) is 3. The van der Waals surface area contributed by atoms with E-state index in [4.69, 9.17) is 5.73 Å². The molecule has 2 rings (SSSR count). The summed E-state index contributed by atoms with van der Waals surface area (Å²) in [6.07, 6.45) is 2.11. The Morgan fingerprint density at radius 1 is 1.35 bits per heavy atom. The Morgan fingerprint density at radius 3 is 2.65 bits per heavy atom. The maximum absolute atomic E-state index is 12.3. The number of nitrogens with one attached hydrogen (secondary N) is 1. The smallest absolute Gasteiger partial charge is 0.253 e. The number of nitrogens with zero attached hydrogens (tertiary/aromatic N) is 1. The van der Waals surface area contributed by atoms with Crippen LogP contribution in [-0.2, 0) is 4.79 Å². The quantitative estimate of drug-likeness (QED) is 0.819. The standard InChI is InChI=1S/C15H21N3O2/c1-2-14(19)17-13-6-8-18(9-7-13)15(20)11-4-3-5-12(16)10-11/h3-5,10,13H,2,6-9,16H2,1H3,(H,17,19). The van der Waals surface area contributed by atoms with Crippen LogP contribution in [-0.4, -0.2) is 35.8 Å². The normalized spacial score (nSPS) is 15.9. The maximum Gasteiger partial charge on any atom is 0.253 e. The summed E-state index contributed by atoms with van der Waals surface area (Å²) in [7, 11) is 0. The van der Waals surface area contributed by atoms with Gasteiger partial charge < -0.3 is 16.0 Å². The average Bonchev–Trinajstić information content (AvgIpc) is 2.47. The molecule has 1 aromatic carbocycles. The van der Waals surface area contributed by atoms with Crippen molar-refractivity contribution < 1.29 is 9.59 Å². The molecule has 0 bridgehead atoms. The predicted molar refractivity (Wildman–Crippen MR) is 78.2 cm³/mol. The molecular weight excluding hydrogens is 254 g/mol. The number of nitrogens with two attached hydrogens (primary N) is 1. The van der Waals surface area contributed by atoms with Gasteiger partial charge in [-0.3, -0.25) is 9.59 Å². The second kappa shape index (κ2) is 6.41. The number of piperidine rings is 1. The molecule has 1 fully saturated rings. The molecule has 5 heteroatoms. The van der Waals surface area contributed by atoms with Gasteiger partial charge in [0, 0.05) is 36.8 Å². The monoisotopic (exact) mass is 275 g/mol. The lowest BCUT2D eigenvalue weighted by Crippen LogP contribution is -2.46. The lowest BCUT2D eigenvalue weighted by molar-refractivity contribution is -0.121. The molecule has 1 aliphatic heterocycles. The average molecular weight is 275 g/mol. The molecule has 0 radical (unpaired) electrons. The van der Waals surface area contributed by atoms with Crippen molar-refractivity contribution in [1.82, 2.24) is 10.2 Å². The highest BCUT2D eigenvalue weighted by atomic mass is 16.2. The minimum atomic E-state index is 0.0116. The lowest BCUT2D eigenvalue weighted by atomic mass is 10.0. The first-order valence-electron chi connectivity index (χ1n) is 7.04. The van der Waals surface area contributed by atoms with E-state index in [9.17, 15) is 9.59 Å². The zero-order valence-electron chi connectivity index (χ0n) is 11.8. The molecule has 0 aromatic heterocycles. The van der Waals surface area contributed by atoms with Crippen molar-refractivity contribution in [2.24, 2.45) is 0 Å². The van der Waals surface area contributed by atoms with Crippen molar-refractivity contribution in [3.05, 3.63) is 29.8 Å². The fraction of sp³-hybridized carbons (Fsp3) is 0.467. The van der Waals surface area contributed by atoms with E-state index < -0.39 is 0 Å². The second-order valence-corrected chi connectivity index (χ2v) is 5.11. The third-order valence-corrected chi connectivity index (χ3v) is 3.60. The van der Waals surface area contributed by atoms with Crippen molar-refractivity contribution >= 4 is 17.5 Å². The zero-order chi connectivity index (χ0) is 14.5. The van der Waals surface area contributed by atoms with Gasteiger partial charge >= 0.3 is 0 Å². The molecule has 0 spiro atoms. The molecule has 0 unspecified atom stereocenters. The first kappa shape index (κ1) is 14.4. The van der Waals surface area contributed by atoms with Crippen molar-refractivity contribution in [2.75, 3.05) is 18.8 Å². The molecule has 108 valence electrons. The van der Waals surface area contributed by atoms with Crippen LogP contribution in [0.4, 0.5) is 5.69 Å². The number of carbonyl (C=O) groups is 2. The molecule has 5 nitrogen and oxygen atoms in total.